The first kappa shape index (κ1) is 20.3. The number of nitrogens with zero attached hydrogens (tertiary/aromatic N) is 1. The van der Waals surface area contributed by atoms with Gasteiger partial charge >= 0.3 is 5.97 Å². The number of hydrogen-bond donors (Lipinski definition) is 2. The summed E-state index contributed by atoms with van der Waals surface area (Å²) in [6.45, 7) is -0.449. The summed E-state index contributed by atoms with van der Waals surface area (Å²) in [6.07, 6.45) is 2.10. The molecule has 29 heavy (non-hydrogen) atoms. The molecule has 0 aliphatic carbocycles. The molecular formula is C21H23N3O5. The molecule has 1 aliphatic heterocycles. The van der Waals surface area contributed by atoms with Crippen LogP contribution in [0, 0.1) is 0 Å². The van der Waals surface area contributed by atoms with Gasteiger partial charge in [0.1, 0.15) is 12.6 Å². The SMILES string of the molecule is NC(=O)[C@@H]1CCCCN1C(=O)COC(=O)CNC(=O)c1ccc2ccccc2c1. The average Bonchev–Trinajstić information content (AvgIpc) is 2.75. The van der Waals surface area contributed by atoms with Gasteiger partial charge in [-0.3, -0.25) is 19.2 Å². The third-order valence-electron chi connectivity index (χ3n) is 4.91. The predicted octanol–water partition coefficient (Wildman–Crippen LogP) is 0.979. The molecule has 1 atom stereocenters. The Morgan fingerprint density at radius 3 is 2.59 bits per heavy atom. The van der Waals surface area contributed by atoms with E-state index in [1.54, 1.807) is 12.1 Å². The van der Waals surface area contributed by atoms with E-state index in [1.165, 1.54) is 4.90 Å². The van der Waals surface area contributed by atoms with Crippen LogP contribution in [0.1, 0.15) is 29.6 Å². The molecular weight excluding hydrogens is 374 g/mol. The molecule has 2 aromatic rings. The molecule has 0 spiro atoms. The fourth-order valence-corrected chi connectivity index (χ4v) is 3.39. The van der Waals surface area contributed by atoms with E-state index in [9.17, 15) is 19.2 Å². The molecule has 3 N–H and O–H groups in total. The lowest BCUT2D eigenvalue weighted by Crippen LogP contribution is -2.51. The molecule has 0 aromatic heterocycles. The molecule has 3 rings (SSSR count). The minimum Gasteiger partial charge on any atom is -0.454 e. The van der Waals surface area contributed by atoms with Gasteiger partial charge in [-0.2, -0.15) is 0 Å². The maximum absolute atomic E-state index is 12.3. The summed E-state index contributed by atoms with van der Waals surface area (Å²) in [5, 5.41) is 4.41. The highest BCUT2D eigenvalue weighted by molar-refractivity contribution is 5.99. The molecule has 0 bridgehead atoms. The highest BCUT2D eigenvalue weighted by Gasteiger charge is 2.30. The predicted molar refractivity (Wildman–Crippen MR) is 106 cm³/mol. The quantitative estimate of drug-likeness (QED) is 0.705. The van der Waals surface area contributed by atoms with Crippen molar-refractivity contribution in [2.24, 2.45) is 5.73 Å². The molecule has 1 fully saturated rings. The fraction of sp³-hybridized carbons (Fsp3) is 0.333. The molecule has 8 nitrogen and oxygen atoms in total. The molecule has 1 saturated heterocycles. The number of rotatable bonds is 6. The van der Waals surface area contributed by atoms with Gasteiger partial charge in [0.25, 0.3) is 11.8 Å². The fourth-order valence-electron chi connectivity index (χ4n) is 3.39. The topological polar surface area (TPSA) is 119 Å². The summed E-state index contributed by atoms with van der Waals surface area (Å²) in [5.41, 5.74) is 5.76. The zero-order valence-corrected chi connectivity index (χ0v) is 15.9. The summed E-state index contributed by atoms with van der Waals surface area (Å²) in [6, 6.07) is 12.2. The second kappa shape index (κ2) is 9.18. The number of nitrogens with one attached hydrogen (secondary N) is 1. The lowest BCUT2D eigenvalue weighted by Gasteiger charge is -2.33. The second-order valence-electron chi connectivity index (χ2n) is 6.91. The molecule has 1 aliphatic rings. The van der Waals surface area contributed by atoms with Crippen molar-refractivity contribution in [2.75, 3.05) is 19.7 Å². The van der Waals surface area contributed by atoms with Gasteiger partial charge in [0.15, 0.2) is 6.61 Å². The van der Waals surface area contributed by atoms with Gasteiger partial charge in [-0.15, -0.1) is 0 Å². The van der Waals surface area contributed by atoms with E-state index in [2.05, 4.69) is 5.32 Å². The number of nitrogens with two attached hydrogens (primary N) is 1. The molecule has 1 heterocycles. The van der Waals surface area contributed by atoms with Crippen LogP contribution < -0.4 is 11.1 Å². The first-order chi connectivity index (χ1) is 14.0. The minimum atomic E-state index is -0.736. The van der Waals surface area contributed by atoms with Crippen molar-refractivity contribution in [3.63, 3.8) is 0 Å². The molecule has 0 radical (unpaired) electrons. The zero-order valence-electron chi connectivity index (χ0n) is 15.9. The number of carbonyl (C=O) groups excluding carboxylic acids is 4. The number of ether oxygens (including phenoxy) is 1. The number of benzene rings is 2. The Kier molecular flexibility index (Phi) is 6.43. The standard InChI is InChI=1S/C21H23N3O5/c22-20(27)17-7-3-4-10-24(17)18(25)13-29-19(26)12-23-21(28)16-9-8-14-5-1-2-6-15(14)11-16/h1-2,5-6,8-9,11,17H,3-4,7,10,12-13H2,(H2,22,27)(H,23,28)/t17-/m0/s1. The Labute approximate surface area is 168 Å². The lowest BCUT2D eigenvalue weighted by molar-refractivity contribution is -0.154. The van der Waals surface area contributed by atoms with Crippen molar-refractivity contribution >= 4 is 34.5 Å². The van der Waals surface area contributed by atoms with Crippen molar-refractivity contribution < 1.29 is 23.9 Å². The third kappa shape index (κ3) is 5.10. The first-order valence-electron chi connectivity index (χ1n) is 9.47. The van der Waals surface area contributed by atoms with E-state index in [1.807, 2.05) is 30.3 Å². The Morgan fingerprint density at radius 1 is 1.07 bits per heavy atom. The summed E-state index contributed by atoms with van der Waals surface area (Å²) in [5.74, 6) is -2.18. The van der Waals surface area contributed by atoms with Gasteiger partial charge in [-0.25, -0.2) is 0 Å². The summed E-state index contributed by atoms with van der Waals surface area (Å²) in [4.78, 5) is 49.2. The van der Waals surface area contributed by atoms with Crippen molar-refractivity contribution in [1.29, 1.82) is 0 Å². The second-order valence-corrected chi connectivity index (χ2v) is 6.91. The Morgan fingerprint density at radius 2 is 1.83 bits per heavy atom. The maximum Gasteiger partial charge on any atom is 0.325 e. The number of likely N-dealkylation sites (tertiary alicyclic amines) is 1. The number of hydrogen-bond acceptors (Lipinski definition) is 5. The average molecular weight is 397 g/mol. The Balaban J connectivity index is 1.48. The smallest absolute Gasteiger partial charge is 0.325 e. The van der Waals surface area contributed by atoms with Crippen molar-refractivity contribution in [1.82, 2.24) is 10.2 Å². The van der Waals surface area contributed by atoms with E-state index >= 15 is 0 Å². The van der Waals surface area contributed by atoms with Gasteiger partial charge < -0.3 is 20.7 Å². The minimum absolute atomic E-state index is 0.363. The van der Waals surface area contributed by atoms with Crippen LogP contribution in [0.4, 0.5) is 0 Å². The maximum atomic E-state index is 12.3. The van der Waals surface area contributed by atoms with Gasteiger partial charge in [-0.1, -0.05) is 30.3 Å². The van der Waals surface area contributed by atoms with Crippen LogP contribution in [-0.4, -0.2) is 54.3 Å². The Hall–Kier alpha value is -3.42. The molecule has 0 saturated carbocycles. The van der Waals surface area contributed by atoms with Gasteiger partial charge in [0.2, 0.25) is 5.91 Å². The van der Waals surface area contributed by atoms with Crippen LogP contribution in [-0.2, 0) is 19.1 Å². The van der Waals surface area contributed by atoms with Gasteiger partial charge in [0, 0.05) is 12.1 Å². The number of primary amides is 1. The van der Waals surface area contributed by atoms with Crippen LogP contribution in [0.15, 0.2) is 42.5 Å². The van der Waals surface area contributed by atoms with Crippen LogP contribution in [0.25, 0.3) is 10.8 Å². The van der Waals surface area contributed by atoms with Crippen LogP contribution >= 0.6 is 0 Å². The van der Waals surface area contributed by atoms with Gasteiger partial charge in [0.05, 0.1) is 0 Å². The van der Waals surface area contributed by atoms with E-state index < -0.39 is 36.3 Å². The molecule has 2 aromatic carbocycles. The number of amides is 3. The molecule has 0 unspecified atom stereocenters. The van der Waals surface area contributed by atoms with E-state index in [4.69, 9.17) is 10.5 Å². The Bertz CT molecular complexity index is 943. The number of piperidine rings is 1. The highest BCUT2D eigenvalue weighted by atomic mass is 16.5. The zero-order chi connectivity index (χ0) is 20.8. The van der Waals surface area contributed by atoms with Crippen LogP contribution in [0.5, 0.6) is 0 Å². The number of esters is 1. The molecule has 8 heteroatoms. The molecule has 3 amide bonds. The summed E-state index contributed by atoms with van der Waals surface area (Å²) < 4.78 is 4.94. The monoisotopic (exact) mass is 397 g/mol. The van der Waals surface area contributed by atoms with Gasteiger partial charge in [-0.05, 0) is 42.2 Å². The summed E-state index contributed by atoms with van der Waals surface area (Å²) >= 11 is 0. The summed E-state index contributed by atoms with van der Waals surface area (Å²) in [7, 11) is 0. The normalized spacial score (nSPS) is 16.3. The lowest BCUT2D eigenvalue weighted by atomic mass is 10.0. The van der Waals surface area contributed by atoms with Crippen molar-refractivity contribution in [3.05, 3.63) is 48.0 Å². The van der Waals surface area contributed by atoms with Crippen LogP contribution in [0.3, 0.4) is 0 Å². The highest BCUT2D eigenvalue weighted by Crippen LogP contribution is 2.17. The number of fused-ring (bicyclic) bond motifs is 1. The third-order valence-corrected chi connectivity index (χ3v) is 4.91. The van der Waals surface area contributed by atoms with Crippen molar-refractivity contribution in [3.8, 4) is 0 Å². The van der Waals surface area contributed by atoms with Crippen molar-refractivity contribution in [2.45, 2.75) is 25.3 Å². The van der Waals surface area contributed by atoms with E-state index in [-0.39, 0.29) is 6.54 Å². The largest absolute Gasteiger partial charge is 0.454 e. The van der Waals surface area contributed by atoms with E-state index in [0.717, 1.165) is 23.6 Å². The number of carbonyl (C=O) groups is 4. The first-order valence-corrected chi connectivity index (χ1v) is 9.47. The molecule has 152 valence electrons. The van der Waals surface area contributed by atoms with Crippen LogP contribution in [0.2, 0.25) is 0 Å². The van der Waals surface area contributed by atoms with E-state index in [0.29, 0.717) is 18.5 Å².